The molecule has 1 saturated carbocycles. The van der Waals surface area contributed by atoms with Crippen LogP contribution in [0.4, 0.5) is 5.69 Å². The van der Waals surface area contributed by atoms with Crippen molar-refractivity contribution in [3.63, 3.8) is 0 Å². The zero-order valence-corrected chi connectivity index (χ0v) is 11.7. The number of nitrogens with one attached hydrogen (secondary N) is 1. The summed E-state index contributed by atoms with van der Waals surface area (Å²) >= 11 is 0. The molecular formula is C15H20N2O3. The van der Waals surface area contributed by atoms with E-state index in [9.17, 15) is 14.9 Å². The Kier molecular flexibility index (Phi) is 4.71. The third-order valence-electron chi connectivity index (χ3n) is 3.97. The van der Waals surface area contributed by atoms with Crippen LogP contribution in [0, 0.1) is 16.0 Å². The molecular weight excluding hydrogens is 256 g/mol. The standard InChI is InChI=1S/C15H20N2O3/c1-11-4-2-3-5-14(11)16-15(18)10-12-6-8-13(9-7-12)17(19)20/h6-9,11,14H,2-5,10H2,1H3,(H,16,18)/t11-,14+/m1/s1. The number of hydrogen-bond acceptors (Lipinski definition) is 3. The molecule has 1 aromatic carbocycles. The molecule has 0 radical (unpaired) electrons. The minimum absolute atomic E-state index is 0.00222. The minimum atomic E-state index is -0.437. The molecule has 0 spiro atoms. The minimum Gasteiger partial charge on any atom is -0.353 e. The van der Waals surface area contributed by atoms with Gasteiger partial charge in [0, 0.05) is 18.2 Å². The van der Waals surface area contributed by atoms with E-state index in [1.807, 2.05) is 0 Å². The zero-order valence-electron chi connectivity index (χ0n) is 11.7. The van der Waals surface area contributed by atoms with Gasteiger partial charge in [0.15, 0.2) is 0 Å². The number of carbonyl (C=O) groups is 1. The molecule has 0 bridgehead atoms. The molecule has 1 aromatic rings. The van der Waals surface area contributed by atoms with Gasteiger partial charge in [0.2, 0.25) is 5.91 Å². The Labute approximate surface area is 118 Å². The quantitative estimate of drug-likeness (QED) is 0.679. The fourth-order valence-electron chi connectivity index (χ4n) is 2.71. The van der Waals surface area contributed by atoms with Gasteiger partial charge in [-0.2, -0.15) is 0 Å². The van der Waals surface area contributed by atoms with E-state index in [0.717, 1.165) is 12.0 Å². The molecule has 0 saturated heterocycles. The van der Waals surface area contributed by atoms with Crippen molar-refractivity contribution in [1.29, 1.82) is 0 Å². The fraction of sp³-hybridized carbons (Fsp3) is 0.533. The number of carbonyl (C=O) groups excluding carboxylic acids is 1. The highest BCUT2D eigenvalue weighted by atomic mass is 16.6. The predicted octanol–water partition coefficient (Wildman–Crippen LogP) is 2.83. The Morgan fingerprint density at radius 1 is 1.30 bits per heavy atom. The van der Waals surface area contributed by atoms with Gasteiger partial charge in [-0.05, 0) is 24.3 Å². The normalized spacial score (nSPS) is 22.2. The Hall–Kier alpha value is -1.91. The van der Waals surface area contributed by atoms with Crippen LogP contribution in [-0.2, 0) is 11.2 Å². The second kappa shape index (κ2) is 6.50. The van der Waals surface area contributed by atoms with E-state index >= 15 is 0 Å². The monoisotopic (exact) mass is 276 g/mol. The fourth-order valence-corrected chi connectivity index (χ4v) is 2.71. The number of benzene rings is 1. The van der Waals surface area contributed by atoms with E-state index in [-0.39, 0.29) is 24.1 Å². The van der Waals surface area contributed by atoms with E-state index in [4.69, 9.17) is 0 Å². The van der Waals surface area contributed by atoms with Crippen LogP contribution in [0.25, 0.3) is 0 Å². The average molecular weight is 276 g/mol. The summed E-state index contributed by atoms with van der Waals surface area (Å²) < 4.78 is 0. The highest BCUT2D eigenvalue weighted by Gasteiger charge is 2.22. The van der Waals surface area contributed by atoms with Gasteiger partial charge in [0.1, 0.15) is 0 Å². The van der Waals surface area contributed by atoms with Crippen LogP contribution in [0.2, 0.25) is 0 Å². The number of nitro benzene ring substituents is 1. The largest absolute Gasteiger partial charge is 0.353 e. The molecule has 1 aliphatic rings. The van der Waals surface area contributed by atoms with Crippen LogP contribution in [-0.4, -0.2) is 16.9 Å². The van der Waals surface area contributed by atoms with Crippen molar-refractivity contribution in [3.05, 3.63) is 39.9 Å². The van der Waals surface area contributed by atoms with Crippen LogP contribution >= 0.6 is 0 Å². The number of nitrogens with zero attached hydrogens (tertiary/aromatic N) is 1. The highest BCUT2D eigenvalue weighted by molar-refractivity contribution is 5.79. The first-order valence-electron chi connectivity index (χ1n) is 7.09. The Morgan fingerprint density at radius 2 is 1.95 bits per heavy atom. The lowest BCUT2D eigenvalue weighted by Crippen LogP contribution is -2.41. The van der Waals surface area contributed by atoms with E-state index in [2.05, 4.69) is 12.2 Å². The second-order valence-electron chi connectivity index (χ2n) is 5.54. The molecule has 2 rings (SSSR count). The molecule has 5 heteroatoms. The van der Waals surface area contributed by atoms with Crippen LogP contribution in [0.15, 0.2) is 24.3 Å². The summed E-state index contributed by atoms with van der Waals surface area (Å²) in [5.74, 6) is 0.530. The maximum absolute atomic E-state index is 12.0. The summed E-state index contributed by atoms with van der Waals surface area (Å²) in [6, 6.07) is 6.43. The summed E-state index contributed by atoms with van der Waals surface area (Å²) in [4.78, 5) is 22.1. The van der Waals surface area contributed by atoms with Crippen molar-refractivity contribution in [2.75, 3.05) is 0 Å². The first kappa shape index (κ1) is 14.5. The summed E-state index contributed by atoms with van der Waals surface area (Å²) in [5, 5.41) is 13.6. The summed E-state index contributed by atoms with van der Waals surface area (Å²) in [5.41, 5.74) is 0.853. The van der Waals surface area contributed by atoms with Crippen molar-refractivity contribution in [3.8, 4) is 0 Å². The second-order valence-corrected chi connectivity index (χ2v) is 5.54. The lowest BCUT2D eigenvalue weighted by molar-refractivity contribution is -0.384. The highest BCUT2D eigenvalue weighted by Crippen LogP contribution is 2.23. The molecule has 1 aliphatic carbocycles. The summed E-state index contributed by atoms with van der Waals surface area (Å²) in [6.07, 6.45) is 4.92. The van der Waals surface area contributed by atoms with Gasteiger partial charge in [-0.1, -0.05) is 31.9 Å². The maximum atomic E-state index is 12.0. The Balaban J connectivity index is 1.89. The molecule has 1 amide bonds. The third kappa shape index (κ3) is 3.79. The van der Waals surface area contributed by atoms with Crippen molar-refractivity contribution in [2.45, 2.75) is 45.1 Å². The van der Waals surface area contributed by atoms with Crippen molar-refractivity contribution >= 4 is 11.6 Å². The first-order chi connectivity index (χ1) is 9.56. The molecule has 0 heterocycles. The van der Waals surface area contributed by atoms with Crippen molar-refractivity contribution in [2.24, 2.45) is 5.92 Å². The molecule has 108 valence electrons. The molecule has 0 aliphatic heterocycles. The number of amides is 1. The Bertz CT molecular complexity index is 484. The molecule has 20 heavy (non-hydrogen) atoms. The van der Waals surface area contributed by atoms with Gasteiger partial charge in [-0.15, -0.1) is 0 Å². The lowest BCUT2D eigenvalue weighted by Gasteiger charge is -2.29. The van der Waals surface area contributed by atoms with Crippen molar-refractivity contribution in [1.82, 2.24) is 5.32 Å². The molecule has 5 nitrogen and oxygen atoms in total. The van der Waals surface area contributed by atoms with Gasteiger partial charge in [0.05, 0.1) is 11.3 Å². The number of nitro groups is 1. The molecule has 0 unspecified atom stereocenters. The Morgan fingerprint density at radius 3 is 2.55 bits per heavy atom. The van der Waals surface area contributed by atoms with E-state index in [1.54, 1.807) is 12.1 Å². The summed E-state index contributed by atoms with van der Waals surface area (Å²) in [7, 11) is 0. The van der Waals surface area contributed by atoms with Gasteiger partial charge in [0.25, 0.3) is 5.69 Å². The molecule has 2 atom stereocenters. The van der Waals surface area contributed by atoms with E-state index in [1.165, 1.54) is 31.4 Å². The molecule has 1 N–H and O–H groups in total. The third-order valence-corrected chi connectivity index (χ3v) is 3.97. The number of non-ortho nitro benzene ring substituents is 1. The van der Waals surface area contributed by atoms with Crippen LogP contribution in [0.3, 0.4) is 0 Å². The molecule has 1 fully saturated rings. The van der Waals surface area contributed by atoms with Gasteiger partial charge in [-0.3, -0.25) is 14.9 Å². The van der Waals surface area contributed by atoms with Gasteiger partial charge in [-0.25, -0.2) is 0 Å². The number of hydrogen-bond donors (Lipinski definition) is 1. The van der Waals surface area contributed by atoms with E-state index in [0.29, 0.717) is 5.92 Å². The summed E-state index contributed by atoms with van der Waals surface area (Å²) in [6.45, 7) is 2.18. The van der Waals surface area contributed by atoms with E-state index < -0.39 is 4.92 Å². The lowest BCUT2D eigenvalue weighted by atomic mass is 9.86. The maximum Gasteiger partial charge on any atom is 0.269 e. The van der Waals surface area contributed by atoms with Crippen LogP contribution in [0.1, 0.15) is 38.2 Å². The van der Waals surface area contributed by atoms with Crippen LogP contribution in [0.5, 0.6) is 0 Å². The zero-order chi connectivity index (χ0) is 14.5. The topological polar surface area (TPSA) is 72.2 Å². The van der Waals surface area contributed by atoms with Gasteiger partial charge < -0.3 is 5.32 Å². The number of rotatable bonds is 4. The smallest absolute Gasteiger partial charge is 0.269 e. The van der Waals surface area contributed by atoms with Crippen molar-refractivity contribution < 1.29 is 9.72 Å². The van der Waals surface area contributed by atoms with Gasteiger partial charge >= 0.3 is 0 Å². The molecule has 0 aromatic heterocycles. The van der Waals surface area contributed by atoms with Crippen LogP contribution < -0.4 is 5.32 Å². The predicted molar refractivity (Wildman–Crippen MR) is 76.4 cm³/mol. The average Bonchev–Trinajstić information content (AvgIpc) is 2.42. The SMILES string of the molecule is C[C@@H]1CCCC[C@@H]1NC(=O)Cc1ccc([N+](=O)[O-])cc1. The first-order valence-corrected chi connectivity index (χ1v) is 7.09.